The van der Waals surface area contributed by atoms with E-state index in [-0.39, 0.29) is 0 Å². The SMILES string of the molecule is CCCNC(C)c1ccnc(N(C)CC(O)COC)c1. The molecule has 0 saturated heterocycles. The molecule has 0 bridgehead atoms. The lowest BCUT2D eigenvalue weighted by Crippen LogP contribution is -2.32. The topological polar surface area (TPSA) is 57.6 Å². The molecule has 0 spiro atoms. The molecule has 0 aliphatic heterocycles. The summed E-state index contributed by atoms with van der Waals surface area (Å²) in [6.45, 7) is 6.14. The van der Waals surface area contributed by atoms with Crippen LogP contribution in [0.15, 0.2) is 18.3 Å². The van der Waals surface area contributed by atoms with Crippen LogP contribution in [0.4, 0.5) is 5.82 Å². The molecule has 1 aromatic heterocycles. The minimum atomic E-state index is -0.508. The van der Waals surface area contributed by atoms with Gasteiger partial charge in [-0.3, -0.25) is 0 Å². The molecule has 114 valence electrons. The van der Waals surface area contributed by atoms with Crippen LogP contribution < -0.4 is 10.2 Å². The summed E-state index contributed by atoms with van der Waals surface area (Å²) in [5.74, 6) is 0.864. The largest absolute Gasteiger partial charge is 0.389 e. The number of aliphatic hydroxyl groups excluding tert-OH is 1. The summed E-state index contributed by atoms with van der Waals surface area (Å²) in [6, 6.07) is 4.39. The third-order valence-corrected chi connectivity index (χ3v) is 3.20. The lowest BCUT2D eigenvalue weighted by molar-refractivity contribution is 0.0694. The first kappa shape index (κ1) is 16.9. The normalized spacial score (nSPS) is 14.1. The molecule has 0 aromatic carbocycles. The second-order valence-corrected chi connectivity index (χ2v) is 5.11. The van der Waals surface area contributed by atoms with Gasteiger partial charge in [0.15, 0.2) is 0 Å². The van der Waals surface area contributed by atoms with Crippen LogP contribution in [0, 0.1) is 0 Å². The van der Waals surface area contributed by atoms with Gasteiger partial charge < -0.3 is 20.1 Å². The molecule has 2 unspecified atom stereocenters. The minimum Gasteiger partial charge on any atom is -0.389 e. The van der Waals surface area contributed by atoms with Crippen molar-refractivity contribution in [3.8, 4) is 0 Å². The van der Waals surface area contributed by atoms with Crippen molar-refractivity contribution in [1.82, 2.24) is 10.3 Å². The molecule has 1 aromatic rings. The lowest BCUT2D eigenvalue weighted by Gasteiger charge is -2.22. The van der Waals surface area contributed by atoms with Gasteiger partial charge in [0.25, 0.3) is 0 Å². The molecule has 2 N–H and O–H groups in total. The summed E-state index contributed by atoms with van der Waals surface area (Å²) in [5, 5.41) is 13.2. The third kappa shape index (κ3) is 5.45. The van der Waals surface area contributed by atoms with E-state index in [0.717, 1.165) is 18.8 Å². The van der Waals surface area contributed by atoms with Crippen LogP contribution in [0.25, 0.3) is 0 Å². The smallest absolute Gasteiger partial charge is 0.128 e. The second-order valence-electron chi connectivity index (χ2n) is 5.11. The second kappa shape index (κ2) is 8.89. The van der Waals surface area contributed by atoms with E-state index in [2.05, 4.69) is 30.2 Å². The molecule has 20 heavy (non-hydrogen) atoms. The number of aromatic nitrogens is 1. The van der Waals surface area contributed by atoms with Gasteiger partial charge in [0, 0.05) is 32.9 Å². The average molecular weight is 281 g/mol. The van der Waals surface area contributed by atoms with E-state index in [1.807, 2.05) is 24.2 Å². The third-order valence-electron chi connectivity index (χ3n) is 3.20. The summed E-state index contributed by atoms with van der Waals surface area (Å²) in [7, 11) is 3.51. The molecule has 0 aliphatic carbocycles. The number of aliphatic hydroxyl groups is 1. The quantitative estimate of drug-likeness (QED) is 0.720. The Bertz CT molecular complexity index is 387. The Balaban J connectivity index is 2.66. The highest BCUT2D eigenvalue weighted by Crippen LogP contribution is 2.17. The molecule has 5 nitrogen and oxygen atoms in total. The minimum absolute atomic E-state index is 0.300. The monoisotopic (exact) mass is 281 g/mol. The van der Waals surface area contributed by atoms with Crippen LogP contribution in [0.5, 0.6) is 0 Å². The first-order valence-corrected chi connectivity index (χ1v) is 7.16. The molecule has 5 heteroatoms. The molecule has 1 heterocycles. The van der Waals surface area contributed by atoms with Crippen LogP contribution in [0.1, 0.15) is 31.9 Å². The average Bonchev–Trinajstić information content (AvgIpc) is 2.45. The Morgan fingerprint density at radius 3 is 2.90 bits per heavy atom. The van der Waals surface area contributed by atoms with E-state index in [1.54, 1.807) is 7.11 Å². The van der Waals surface area contributed by atoms with Gasteiger partial charge in [-0.2, -0.15) is 0 Å². The number of ether oxygens (including phenoxy) is 1. The van der Waals surface area contributed by atoms with Crippen LogP contribution in [-0.2, 0) is 4.74 Å². The Hall–Kier alpha value is -1.17. The van der Waals surface area contributed by atoms with Gasteiger partial charge in [-0.1, -0.05) is 6.92 Å². The number of anilines is 1. The van der Waals surface area contributed by atoms with Crippen molar-refractivity contribution in [2.75, 3.05) is 38.8 Å². The highest BCUT2D eigenvalue weighted by atomic mass is 16.5. The fraction of sp³-hybridized carbons (Fsp3) is 0.667. The maximum atomic E-state index is 9.77. The Morgan fingerprint density at radius 1 is 1.50 bits per heavy atom. The van der Waals surface area contributed by atoms with Crippen LogP contribution in [0.3, 0.4) is 0 Å². The highest BCUT2D eigenvalue weighted by molar-refractivity contribution is 5.41. The van der Waals surface area contributed by atoms with Crippen molar-refractivity contribution in [3.05, 3.63) is 23.9 Å². The summed E-state index contributed by atoms with van der Waals surface area (Å²) in [4.78, 5) is 6.31. The van der Waals surface area contributed by atoms with Gasteiger partial charge in [0.1, 0.15) is 5.82 Å². The van der Waals surface area contributed by atoms with Gasteiger partial charge in [0.05, 0.1) is 12.7 Å². The predicted molar refractivity (Wildman–Crippen MR) is 82.1 cm³/mol. The van der Waals surface area contributed by atoms with Gasteiger partial charge >= 0.3 is 0 Å². The molecule has 0 aliphatic rings. The van der Waals surface area contributed by atoms with Crippen molar-refractivity contribution < 1.29 is 9.84 Å². The predicted octanol–water partition coefficient (Wildman–Crippen LogP) is 1.59. The van der Waals surface area contributed by atoms with Crippen LogP contribution in [-0.4, -0.2) is 50.0 Å². The maximum Gasteiger partial charge on any atom is 0.128 e. The number of pyridine rings is 1. The number of nitrogens with zero attached hydrogens (tertiary/aromatic N) is 2. The van der Waals surface area contributed by atoms with Crippen LogP contribution in [0.2, 0.25) is 0 Å². The molecular formula is C15H27N3O2. The summed E-state index contributed by atoms with van der Waals surface area (Å²) >= 11 is 0. The van der Waals surface area contributed by atoms with E-state index in [9.17, 15) is 5.11 Å². The summed E-state index contributed by atoms with van der Waals surface area (Å²) in [6.07, 6.45) is 2.42. The van der Waals surface area contributed by atoms with Gasteiger partial charge in [-0.05, 0) is 37.6 Å². The summed E-state index contributed by atoms with van der Waals surface area (Å²) in [5.41, 5.74) is 1.21. The van der Waals surface area contributed by atoms with Gasteiger partial charge in [-0.15, -0.1) is 0 Å². The van der Waals surface area contributed by atoms with Crippen LogP contribution >= 0.6 is 0 Å². The zero-order valence-electron chi connectivity index (χ0n) is 13.0. The molecule has 0 saturated carbocycles. The van der Waals surface area contributed by atoms with E-state index >= 15 is 0 Å². The van der Waals surface area contributed by atoms with Crippen molar-refractivity contribution >= 4 is 5.82 Å². The van der Waals surface area contributed by atoms with E-state index in [1.165, 1.54) is 5.56 Å². The Morgan fingerprint density at radius 2 is 2.25 bits per heavy atom. The molecule has 0 fully saturated rings. The number of nitrogens with one attached hydrogen (secondary N) is 1. The van der Waals surface area contributed by atoms with E-state index in [0.29, 0.717) is 19.2 Å². The molecule has 2 atom stereocenters. The fourth-order valence-corrected chi connectivity index (χ4v) is 2.05. The number of rotatable bonds is 9. The standard InChI is InChI=1S/C15H27N3O2/c1-5-7-16-12(2)13-6-8-17-15(9-13)18(3)10-14(19)11-20-4/h6,8-9,12,14,16,19H,5,7,10-11H2,1-4H3. The first-order chi connectivity index (χ1) is 9.58. The van der Waals surface area contributed by atoms with Gasteiger partial charge in [0.2, 0.25) is 0 Å². The first-order valence-electron chi connectivity index (χ1n) is 7.16. The molecule has 0 radical (unpaired) electrons. The van der Waals surface area contributed by atoms with E-state index in [4.69, 9.17) is 4.74 Å². The number of likely N-dealkylation sites (N-methyl/N-ethyl adjacent to an activating group) is 1. The fourth-order valence-electron chi connectivity index (χ4n) is 2.05. The Labute approximate surface area is 122 Å². The van der Waals surface area contributed by atoms with Crippen molar-refractivity contribution in [2.24, 2.45) is 0 Å². The van der Waals surface area contributed by atoms with Crippen molar-refractivity contribution in [1.29, 1.82) is 0 Å². The zero-order valence-corrected chi connectivity index (χ0v) is 13.0. The number of methoxy groups -OCH3 is 1. The molecule has 0 amide bonds. The maximum absolute atomic E-state index is 9.77. The van der Waals surface area contributed by atoms with E-state index < -0.39 is 6.10 Å². The lowest BCUT2D eigenvalue weighted by atomic mass is 10.1. The summed E-state index contributed by atoms with van der Waals surface area (Å²) < 4.78 is 4.94. The Kier molecular flexibility index (Phi) is 7.51. The highest BCUT2D eigenvalue weighted by Gasteiger charge is 2.11. The van der Waals surface area contributed by atoms with Crippen molar-refractivity contribution in [3.63, 3.8) is 0 Å². The number of hydrogen-bond acceptors (Lipinski definition) is 5. The number of hydrogen-bond donors (Lipinski definition) is 2. The van der Waals surface area contributed by atoms with Crippen molar-refractivity contribution in [2.45, 2.75) is 32.4 Å². The molecule has 1 rings (SSSR count). The zero-order chi connectivity index (χ0) is 15.0. The molecular weight excluding hydrogens is 254 g/mol. The van der Waals surface area contributed by atoms with Gasteiger partial charge in [-0.25, -0.2) is 4.98 Å².